The predicted octanol–water partition coefficient (Wildman–Crippen LogP) is 0.655. The quantitative estimate of drug-likeness (QED) is 0.525. The minimum absolute atomic E-state index is 0.222. The molecule has 0 aliphatic carbocycles. The maximum Gasteiger partial charge on any atom is 0.313 e. The van der Waals surface area contributed by atoms with Gasteiger partial charge in [-0.2, -0.15) is 5.10 Å². The summed E-state index contributed by atoms with van der Waals surface area (Å²) in [4.78, 5) is 1.56. The summed E-state index contributed by atoms with van der Waals surface area (Å²) in [5, 5.41) is 17.4. The third kappa shape index (κ3) is 2.45. The predicted molar refractivity (Wildman–Crippen MR) is 55.1 cm³/mol. The highest BCUT2D eigenvalue weighted by atomic mass is 16.5. The molecule has 0 spiro atoms. The fourth-order valence-electron chi connectivity index (χ4n) is 0.913. The van der Waals surface area contributed by atoms with E-state index in [0.29, 0.717) is 11.9 Å². The summed E-state index contributed by atoms with van der Waals surface area (Å²) in [6.07, 6.45) is 1.72. The van der Waals surface area contributed by atoms with Gasteiger partial charge < -0.3 is 9.84 Å². The van der Waals surface area contributed by atoms with Crippen molar-refractivity contribution in [3.63, 3.8) is 0 Å². The van der Waals surface area contributed by atoms with Crippen LogP contribution in [-0.2, 0) is 4.74 Å². The molecule has 1 fully saturated rings. The first-order valence-electron chi connectivity index (χ1n) is 4.63. The average molecular weight is 199 g/mol. The Hall–Kier alpha value is -1.10. The van der Waals surface area contributed by atoms with Crippen LogP contribution in [0.2, 0.25) is 0 Å². The second-order valence-corrected chi connectivity index (χ2v) is 3.96. The minimum atomic E-state index is -0.980. The highest BCUT2D eigenvalue weighted by Crippen LogP contribution is 2.18. The summed E-state index contributed by atoms with van der Waals surface area (Å²) in [6.45, 7) is 5.92. The first kappa shape index (κ1) is 11.0. The van der Waals surface area contributed by atoms with Gasteiger partial charge in [-0.1, -0.05) is 18.9 Å². The number of amidine groups is 1. The van der Waals surface area contributed by atoms with Crippen LogP contribution in [0, 0.1) is 5.92 Å². The van der Waals surface area contributed by atoms with Gasteiger partial charge >= 0.3 is 6.02 Å². The van der Waals surface area contributed by atoms with E-state index in [1.807, 2.05) is 13.8 Å². The smallest absolute Gasteiger partial charge is 0.313 e. The lowest BCUT2D eigenvalue weighted by molar-refractivity contribution is -0.0317. The van der Waals surface area contributed by atoms with E-state index < -0.39 is 5.72 Å². The van der Waals surface area contributed by atoms with Crippen molar-refractivity contribution in [1.29, 1.82) is 0 Å². The average Bonchev–Trinajstić information content (AvgIpc) is 2.31. The Balaban J connectivity index is 2.63. The van der Waals surface area contributed by atoms with Gasteiger partial charge in [-0.05, 0) is 12.8 Å². The first-order valence-corrected chi connectivity index (χ1v) is 4.63. The van der Waals surface area contributed by atoms with E-state index >= 15 is 0 Å². The standard InChI is InChI=1S/C9H17N3O2/c1-7(2)5-10-11-8-12(4)9(3,13)6-14-8/h5,7,13H,6H2,1-4H3/b10-5+,11-8-. The fraction of sp³-hybridized carbons (Fsp3) is 0.778. The van der Waals surface area contributed by atoms with E-state index in [9.17, 15) is 5.11 Å². The number of ether oxygens (including phenoxy) is 1. The molecule has 1 heterocycles. The highest BCUT2D eigenvalue weighted by Gasteiger charge is 2.37. The van der Waals surface area contributed by atoms with Crippen LogP contribution in [-0.4, -0.2) is 41.6 Å². The molecule has 1 rings (SSSR count). The van der Waals surface area contributed by atoms with E-state index in [1.54, 1.807) is 25.1 Å². The van der Waals surface area contributed by atoms with Crippen molar-refractivity contribution in [3.05, 3.63) is 0 Å². The van der Waals surface area contributed by atoms with Crippen LogP contribution in [0.25, 0.3) is 0 Å². The Labute approximate surface area is 84.1 Å². The zero-order valence-corrected chi connectivity index (χ0v) is 9.06. The molecule has 0 aromatic rings. The van der Waals surface area contributed by atoms with Crippen molar-refractivity contribution in [2.75, 3.05) is 13.7 Å². The summed E-state index contributed by atoms with van der Waals surface area (Å²) in [5.74, 6) is 0.353. The van der Waals surface area contributed by atoms with Gasteiger partial charge in [0.25, 0.3) is 0 Å². The van der Waals surface area contributed by atoms with E-state index in [-0.39, 0.29) is 6.61 Å². The van der Waals surface area contributed by atoms with Gasteiger partial charge in [0.2, 0.25) is 0 Å². The van der Waals surface area contributed by atoms with E-state index in [0.717, 1.165) is 0 Å². The number of aliphatic hydroxyl groups is 1. The molecule has 0 aromatic heterocycles. The maximum absolute atomic E-state index is 9.71. The van der Waals surface area contributed by atoms with Gasteiger partial charge in [-0.25, -0.2) is 0 Å². The molecule has 80 valence electrons. The molecule has 0 amide bonds. The second-order valence-electron chi connectivity index (χ2n) is 3.96. The van der Waals surface area contributed by atoms with Gasteiger partial charge in [0.1, 0.15) is 6.61 Å². The molecule has 1 N–H and O–H groups in total. The lowest BCUT2D eigenvalue weighted by Crippen LogP contribution is -2.41. The lowest BCUT2D eigenvalue weighted by Gasteiger charge is -2.22. The van der Waals surface area contributed by atoms with E-state index in [1.165, 1.54) is 0 Å². The topological polar surface area (TPSA) is 57.4 Å². The third-order valence-corrected chi connectivity index (χ3v) is 1.99. The molecule has 0 saturated carbocycles. The Bertz CT molecular complexity index is 259. The molecule has 0 bridgehead atoms. The molecule has 1 atom stereocenters. The lowest BCUT2D eigenvalue weighted by atomic mass is 10.3. The molecule has 1 unspecified atom stereocenters. The first-order chi connectivity index (χ1) is 6.43. The van der Waals surface area contributed by atoms with Gasteiger partial charge in [0, 0.05) is 13.3 Å². The largest absolute Gasteiger partial charge is 0.459 e. The highest BCUT2D eigenvalue weighted by molar-refractivity contribution is 5.76. The Morgan fingerprint density at radius 1 is 1.64 bits per heavy atom. The van der Waals surface area contributed by atoms with Crippen LogP contribution in [0.4, 0.5) is 0 Å². The van der Waals surface area contributed by atoms with Gasteiger partial charge in [-0.3, -0.25) is 4.90 Å². The molecule has 5 nitrogen and oxygen atoms in total. The van der Waals surface area contributed by atoms with Crippen molar-refractivity contribution < 1.29 is 9.84 Å². The van der Waals surface area contributed by atoms with Crippen LogP contribution >= 0.6 is 0 Å². The fourth-order valence-corrected chi connectivity index (χ4v) is 0.913. The number of nitrogens with zero attached hydrogens (tertiary/aromatic N) is 3. The van der Waals surface area contributed by atoms with Gasteiger partial charge in [-0.15, -0.1) is 0 Å². The summed E-state index contributed by atoms with van der Waals surface area (Å²) in [6, 6.07) is 0.354. The van der Waals surface area contributed by atoms with Crippen molar-refractivity contribution in [1.82, 2.24) is 4.90 Å². The summed E-state index contributed by atoms with van der Waals surface area (Å²) in [5.41, 5.74) is -0.980. The SMILES string of the molecule is CC(C)/C=N/N=C1\OCC(C)(O)N1C. The van der Waals surface area contributed by atoms with Crippen molar-refractivity contribution >= 4 is 12.2 Å². The monoisotopic (exact) mass is 199 g/mol. The van der Waals surface area contributed by atoms with Crippen LogP contribution in [0.1, 0.15) is 20.8 Å². The molecule has 1 aliphatic heterocycles. The molecular formula is C9H17N3O2. The molecular weight excluding hydrogens is 182 g/mol. The van der Waals surface area contributed by atoms with Crippen LogP contribution in [0.15, 0.2) is 10.2 Å². The van der Waals surface area contributed by atoms with Crippen LogP contribution in [0.5, 0.6) is 0 Å². The molecule has 1 aliphatic rings. The van der Waals surface area contributed by atoms with Gasteiger partial charge in [0.15, 0.2) is 5.72 Å². The third-order valence-electron chi connectivity index (χ3n) is 1.99. The molecule has 0 aromatic carbocycles. The van der Waals surface area contributed by atoms with Crippen LogP contribution < -0.4 is 0 Å². The maximum atomic E-state index is 9.71. The number of likely N-dealkylation sites (N-methyl/N-ethyl adjacent to an activating group) is 1. The van der Waals surface area contributed by atoms with Crippen molar-refractivity contribution in [2.24, 2.45) is 16.1 Å². The van der Waals surface area contributed by atoms with Gasteiger partial charge in [0.05, 0.1) is 0 Å². The number of hydrogen-bond acceptors (Lipinski definition) is 4. The molecule has 5 heteroatoms. The number of rotatable bonds is 2. The van der Waals surface area contributed by atoms with Crippen molar-refractivity contribution in [3.8, 4) is 0 Å². The normalized spacial score (nSPS) is 30.7. The zero-order valence-electron chi connectivity index (χ0n) is 9.06. The molecule has 14 heavy (non-hydrogen) atoms. The zero-order chi connectivity index (χ0) is 10.8. The molecule has 1 saturated heterocycles. The summed E-state index contributed by atoms with van der Waals surface area (Å²) < 4.78 is 5.17. The van der Waals surface area contributed by atoms with Crippen molar-refractivity contribution in [2.45, 2.75) is 26.5 Å². The Morgan fingerprint density at radius 3 is 2.71 bits per heavy atom. The second kappa shape index (κ2) is 3.96. The summed E-state index contributed by atoms with van der Waals surface area (Å²) in [7, 11) is 1.72. The summed E-state index contributed by atoms with van der Waals surface area (Å²) >= 11 is 0. The Kier molecular flexibility index (Phi) is 3.10. The minimum Gasteiger partial charge on any atom is -0.459 e. The van der Waals surface area contributed by atoms with E-state index in [2.05, 4.69) is 10.2 Å². The van der Waals surface area contributed by atoms with Crippen LogP contribution in [0.3, 0.4) is 0 Å². The number of hydrogen-bond donors (Lipinski definition) is 1. The Morgan fingerprint density at radius 2 is 2.29 bits per heavy atom. The van der Waals surface area contributed by atoms with E-state index in [4.69, 9.17) is 4.74 Å². The molecule has 0 radical (unpaired) electrons.